The molecule has 0 aliphatic carbocycles. The van der Waals surface area contributed by atoms with Crippen molar-refractivity contribution in [2.24, 2.45) is 0 Å². The van der Waals surface area contributed by atoms with Crippen molar-refractivity contribution in [3.63, 3.8) is 0 Å². The van der Waals surface area contributed by atoms with Gasteiger partial charge in [0, 0.05) is 6.07 Å². The van der Waals surface area contributed by atoms with Crippen molar-refractivity contribution in [3.05, 3.63) is 16.9 Å². The van der Waals surface area contributed by atoms with Crippen molar-refractivity contribution < 1.29 is 9.47 Å². The molecule has 0 aromatic carbocycles. The van der Waals surface area contributed by atoms with E-state index in [4.69, 9.17) is 9.47 Å². The number of halogens is 1. The molecule has 11 heavy (non-hydrogen) atoms. The standard InChI is InChI=1S/C7H8BrNO2/c1-10-5-3-6(11-2)7(8)9-4-5/h3-4H,1-2H3. The van der Waals surface area contributed by atoms with Gasteiger partial charge in [0.05, 0.1) is 20.4 Å². The fourth-order valence-electron chi connectivity index (χ4n) is 0.665. The number of pyridine rings is 1. The minimum atomic E-state index is 0.671. The zero-order valence-electron chi connectivity index (χ0n) is 6.30. The quantitative estimate of drug-likeness (QED) is 0.710. The molecule has 60 valence electrons. The number of ether oxygens (including phenoxy) is 2. The first kappa shape index (κ1) is 8.33. The van der Waals surface area contributed by atoms with Crippen LogP contribution >= 0.6 is 15.9 Å². The van der Waals surface area contributed by atoms with E-state index < -0.39 is 0 Å². The molecule has 0 fully saturated rings. The van der Waals surface area contributed by atoms with Crippen LogP contribution in [0.1, 0.15) is 0 Å². The second-order valence-electron chi connectivity index (χ2n) is 1.87. The predicted molar refractivity (Wildman–Crippen MR) is 45.0 cm³/mol. The van der Waals surface area contributed by atoms with Crippen molar-refractivity contribution in [2.45, 2.75) is 0 Å². The molecule has 0 aliphatic heterocycles. The normalized spacial score (nSPS) is 9.36. The third-order valence-corrected chi connectivity index (χ3v) is 1.83. The fraction of sp³-hybridized carbons (Fsp3) is 0.286. The molecule has 0 bridgehead atoms. The molecule has 1 aromatic rings. The van der Waals surface area contributed by atoms with Crippen LogP contribution in [-0.4, -0.2) is 19.2 Å². The topological polar surface area (TPSA) is 31.4 Å². The van der Waals surface area contributed by atoms with Gasteiger partial charge < -0.3 is 9.47 Å². The molecule has 1 rings (SSSR count). The first-order chi connectivity index (χ1) is 5.27. The van der Waals surface area contributed by atoms with Gasteiger partial charge in [-0.05, 0) is 15.9 Å². The lowest BCUT2D eigenvalue weighted by Crippen LogP contribution is -1.89. The molecule has 0 amide bonds. The summed E-state index contributed by atoms with van der Waals surface area (Å²) in [6.07, 6.45) is 1.62. The van der Waals surface area contributed by atoms with Crippen molar-refractivity contribution in [3.8, 4) is 11.5 Å². The highest BCUT2D eigenvalue weighted by atomic mass is 79.9. The molecule has 0 aliphatic rings. The van der Waals surface area contributed by atoms with Gasteiger partial charge >= 0.3 is 0 Å². The van der Waals surface area contributed by atoms with E-state index in [-0.39, 0.29) is 0 Å². The van der Waals surface area contributed by atoms with Crippen LogP contribution in [0.25, 0.3) is 0 Å². The lowest BCUT2D eigenvalue weighted by atomic mass is 10.4. The molecule has 4 heteroatoms. The van der Waals surface area contributed by atoms with Gasteiger partial charge in [-0.1, -0.05) is 0 Å². The molecule has 0 unspecified atom stereocenters. The molecule has 0 spiro atoms. The Kier molecular flexibility index (Phi) is 2.70. The van der Waals surface area contributed by atoms with Crippen LogP contribution in [0, 0.1) is 0 Å². The fourth-order valence-corrected chi connectivity index (χ4v) is 1.04. The van der Waals surface area contributed by atoms with Crippen LogP contribution < -0.4 is 9.47 Å². The van der Waals surface area contributed by atoms with E-state index in [2.05, 4.69) is 20.9 Å². The van der Waals surface area contributed by atoms with Crippen LogP contribution in [0.4, 0.5) is 0 Å². The van der Waals surface area contributed by atoms with Crippen LogP contribution in [0.5, 0.6) is 11.5 Å². The Morgan fingerprint density at radius 1 is 1.36 bits per heavy atom. The highest BCUT2D eigenvalue weighted by Crippen LogP contribution is 2.25. The molecule has 0 saturated carbocycles. The number of hydrogen-bond donors (Lipinski definition) is 0. The van der Waals surface area contributed by atoms with Crippen molar-refractivity contribution in [2.75, 3.05) is 14.2 Å². The Bertz CT molecular complexity index is 252. The van der Waals surface area contributed by atoms with Gasteiger partial charge in [0.15, 0.2) is 5.75 Å². The SMILES string of the molecule is COc1cnc(Br)c(OC)c1. The van der Waals surface area contributed by atoms with Gasteiger partial charge in [-0.2, -0.15) is 0 Å². The maximum absolute atomic E-state index is 5.00. The average molecular weight is 218 g/mol. The lowest BCUT2D eigenvalue weighted by molar-refractivity contribution is 0.388. The molecule has 1 heterocycles. The molecule has 3 nitrogen and oxygen atoms in total. The maximum atomic E-state index is 5.00. The number of hydrogen-bond acceptors (Lipinski definition) is 3. The summed E-state index contributed by atoms with van der Waals surface area (Å²) in [6, 6.07) is 1.76. The van der Waals surface area contributed by atoms with Gasteiger partial charge in [-0.3, -0.25) is 0 Å². The molecule has 1 aromatic heterocycles. The van der Waals surface area contributed by atoms with Gasteiger partial charge in [-0.15, -0.1) is 0 Å². The zero-order chi connectivity index (χ0) is 8.27. The Balaban J connectivity index is 3.02. The third-order valence-electron chi connectivity index (χ3n) is 1.24. The van der Waals surface area contributed by atoms with E-state index >= 15 is 0 Å². The molecule has 0 radical (unpaired) electrons. The number of methoxy groups -OCH3 is 2. The Labute approximate surface area is 73.5 Å². The Morgan fingerprint density at radius 3 is 2.64 bits per heavy atom. The third kappa shape index (κ3) is 1.83. The van der Waals surface area contributed by atoms with E-state index in [0.717, 1.165) is 0 Å². The van der Waals surface area contributed by atoms with Crippen LogP contribution in [0.3, 0.4) is 0 Å². The van der Waals surface area contributed by atoms with E-state index in [1.807, 2.05) is 0 Å². The van der Waals surface area contributed by atoms with Crippen molar-refractivity contribution in [1.82, 2.24) is 4.98 Å². The van der Waals surface area contributed by atoms with Crippen LogP contribution in [0.2, 0.25) is 0 Å². The second kappa shape index (κ2) is 3.57. The number of rotatable bonds is 2. The Hall–Kier alpha value is -0.770. The van der Waals surface area contributed by atoms with Gasteiger partial charge in [0.25, 0.3) is 0 Å². The van der Waals surface area contributed by atoms with Crippen molar-refractivity contribution >= 4 is 15.9 Å². The van der Waals surface area contributed by atoms with Gasteiger partial charge in [0.1, 0.15) is 10.4 Å². The number of aromatic nitrogens is 1. The Morgan fingerprint density at radius 2 is 2.09 bits per heavy atom. The largest absolute Gasteiger partial charge is 0.495 e. The molecular formula is C7H8BrNO2. The summed E-state index contributed by atoms with van der Waals surface area (Å²) < 4.78 is 10.6. The number of nitrogens with zero attached hydrogens (tertiary/aromatic N) is 1. The molecule has 0 atom stereocenters. The first-order valence-electron chi connectivity index (χ1n) is 3.01. The van der Waals surface area contributed by atoms with Crippen LogP contribution in [-0.2, 0) is 0 Å². The summed E-state index contributed by atoms with van der Waals surface area (Å²) in [5.74, 6) is 1.36. The summed E-state index contributed by atoms with van der Waals surface area (Å²) in [4.78, 5) is 3.99. The summed E-state index contributed by atoms with van der Waals surface area (Å²) in [6.45, 7) is 0. The minimum Gasteiger partial charge on any atom is -0.495 e. The zero-order valence-corrected chi connectivity index (χ0v) is 7.88. The maximum Gasteiger partial charge on any atom is 0.155 e. The minimum absolute atomic E-state index is 0.671. The smallest absolute Gasteiger partial charge is 0.155 e. The highest BCUT2D eigenvalue weighted by Gasteiger charge is 2.01. The van der Waals surface area contributed by atoms with E-state index in [0.29, 0.717) is 16.1 Å². The average Bonchev–Trinajstić information content (AvgIpc) is 2.05. The summed E-state index contributed by atoms with van der Waals surface area (Å²) in [7, 11) is 3.17. The second-order valence-corrected chi connectivity index (χ2v) is 2.62. The lowest BCUT2D eigenvalue weighted by Gasteiger charge is -2.03. The van der Waals surface area contributed by atoms with Crippen LogP contribution in [0.15, 0.2) is 16.9 Å². The highest BCUT2D eigenvalue weighted by molar-refractivity contribution is 9.10. The van der Waals surface area contributed by atoms with E-state index in [1.54, 1.807) is 26.5 Å². The van der Waals surface area contributed by atoms with Crippen molar-refractivity contribution in [1.29, 1.82) is 0 Å². The van der Waals surface area contributed by atoms with E-state index in [9.17, 15) is 0 Å². The molecule has 0 saturated heterocycles. The summed E-state index contributed by atoms with van der Waals surface area (Å²) >= 11 is 3.23. The summed E-state index contributed by atoms with van der Waals surface area (Å²) in [5, 5.41) is 0. The van der Waals surface area contributed by atoms with E-state index in [1.165, 1.54) is 0 Å². The summed E-state index contributed by atoms with van der Waals surface area (Å²) in [5.41, 5.74) is 0. The molecule has 0 N–H and O–H groups in total. The predicted octanol–water partition coefficient (Wildman–Crippen LogP) is 1.86. The molecular weight excluding hydrogens is 210 g/mol. The van der Waals surface area contributed by atoms with Gasteiger partial charge in [-0.25, -0.2) is 4.98 Å². The monoisotopic (exact) mass is 217 g/mol. The first-order valence-corrected chi connectivity index (χ1v) is 3.80. The van der Waals surface area contributed by atoms with Gasteiger partial charge in [0.2, 0.25) is 0 Å².